The lowest BCUT2D eigenvalue weighted by Crippen LogP contribution is -2.50. The van der Waals surface area contributed by atoms with E-state index in [0.29, 0.717) is 17.4 Å². The smallest absolute Gasteiger partial charge is 0.0638 e. The molecule has 100 valence electrons. The number of hydrogen-bond acceptors (Lipinski definition) is 2. The van der Waals surface area contributed by atoms with Gasteiger partial charge in [-0.25, -0.2) is 0 Å². The Hall–Kier alpha value is -0.0800. The minimum atomic E-state index is -0.0681. The predicted molar refractivity (Wildman–Crippen MR) is 69.9 cm³/mol. The van der Waals surface area contributed by atoms with Crippen molar-refractivity contribution in [3.63, 3.8) is 0 Å². The van der Waals surface area contributed by atoms with E-state index in [1.54, 1.807) is 0 Å². The molecule has 0 aromatic rings. The molecule has 2 fully saturated rings. The molecule has 2 aliphatic carbocycles. The average Bonchev–Trinajstić information content (AvgIpc) is 2.19. The van der Waals surface area contributed by atoms with Gasteiger partial charge in [0.05, 0.1) is 17.8 Å². The van der Waals surface area contributed by atoms with Crippen LogP contribution >= 0.6 is 0 Å². The van der Waals surface area contributed by atoms with Gasteiger partial charge in [-0.05, 0) is 64.2 Å². The summed E-state index contributed by atoms with van der Waals surface area (Å²) in [6.45, 7) is 8.84. The summed E-state index contributed by atoms with van der Waals surface area (Å²) in [5, 5.41) is 9.84. The first-order valence-corrected chi connectivity index (χ1v) is 7.17. The molecule has 2 nitrogen and oxygen atoms in total. The van der Waals surface area contributed by atoms with Gasteiger partial charge in [-0.1, -0.05) is 13.3 Å². The van der Waals surface area contributed by atoms with Crippen LogP contribution < -0.4 is 0 Å². The van der Waals surface area contributed by atoms with Gasteiger partial charge in [-0.3, -0.25) is 0 Å². The van der Waals surface area contributed by atoms with Crippen molar-refractivity contribution in [3.05, 3.63) is 0 Å². The zero-order valence-electron chi connectivity index (χ0n) is 11.8. The minimum absolute atomic E-state index is 0.0500. The average molecular weight is 240 g/mol. The van der Waals surface area contributed by atoms with Crippen molar-refractivity contribution in [1.82, 2.24) is 0 Å². The standard InChI is InChI=1S/C15H28O2/c1-14(2,3)17-13-7-5-6-11-10-12(16)8-9-15(11,13)4/h11-13,16H,5-10H2,1-4H3/t11?,12-,13-,15-/m0/s1. The van der Waals surface area contributed by atoms with Crippen LogP contribution in [-0.2, 0) is 4.74 Å². The highest BCUT2D eigenvalue weighted by Gasteiger charge is 2.48. The molecule has 4 atom stereocenters. The summed E-state index contributed by atoms with van der Waals surface area (Å²) in [5.41, 5.74) is 0.246. The zero-order valence-corrected chi connectivity index (χ0v) is 11.8. The topological polar surface area (TPSA) is 29.5 Å². The molecule has 2 rings (SSSR count). The van der Waals surface area contributed by atoms with Crippen molar-refractivity contribution in [2.24, 2.45) is 11.3 Å². The number of fused-ring (bicyclic) bond motifs is 1. The van der Waals surface area contributed by atoms with Gasteiger partial charge in [0.1, 0.15) is 0 Å². The van der Waals surface area contributed by atoms with E-state index in [1.807, 2.05) is 0 Å². The van der Waals surface area contributed by atoms with Crippen molar-refractivity contribution >= 4 is 0 Å². The third-order valence-electron chi connectivity index (χ3n) is 4.76. The summed E-state index contributed by atoms with van der Waals surface area (Å²) in [6.07, 6.45) is 7.11. The first kappa shape index (κ1) is 13.4. The van der Waals surface area contributed by atoms with Crippen LogP contribution in [0.5, 0.6) is 0 Å². The molecular formula is C15H28O2. The van der Waals surface area contributed by atoms with Crippen LogP contribution in [0.1, 0.15) is 66.2 Å². The number of rotatable bonds is 1. The molecule has 0 saturated heterocycles. The van der Waals surface area contributed by atoms with Gasteiger partial charge in [0.15, 0.2) is 0 Å². The van der Waals surface area contributed by atoms with E-state index in [-0.39, 0.29) is 11.7 Å². The Labute approximate surface area is 106 Å². The molecule has 0 spiro atoms. The molecule has 0 aliphatic heterocycles. The largest absolute Gasteiger partial charge is 0.393 e. The van der Waals surface area contributed by atoms with Crippen molar-refractivity contribution < 1.29 is 9.84 Å². The Kier molecular flexibility index (Phi) is 3.57. The Bertz CT molecular complexity index is 269. The predicted octanol–water partition coefficient (Wildman–Crippen LogP) is 3.52. The van der Waals surface area contributed by atoms with Gasteiger partial charge in [0.25, 0.3) is 0 Å². The molecular weight excluding hydrogens is 212 g/mol. The molecule has 0 amide bonds. The Morgan fingerprint density at radius 1 is 1.18 bits per heavy atom. The van der Waals surface area contributed by atoms with Gasteiger partial charge in [-0.15, -0.1) is 0 Å². The fourth-order valence-corrected chi connectivity index (χ4v) is 3.77. The summed E-state index contributed by atoms with van der Waals surface area (Å²) in [4.78, 5) is 0. The molecule has 2 aliphatic rings. The van der Waals surface area contributed by atoms with Gasteiger partial charge < -0.3 is 9.84 Å². The van der Waals surface area contributed by atoms with E-state index in [9.17, 15) is 5.11 Å². The lowest BCUT2D eigenvalue weighted by atomic mass is 9.58. The maximum atomic E-state index is 9.84. The Balaban J connectivity index is 2.11. The van der Waals surface area contributed by atoms with Crippen LogP contribution in [0.3, 0.4) is 0 Å². The lowest BCUT2D eigenvalue weighted by Gasteiger charge is -2.52. The molecule has 0 bridgehead atoms. The second-order valence-electron chi connectivity index (χ2n) is 7.28. The van der Waals surface area contributed by atoms with E-state index < -0.39 is 0 Å². The normalized spacial score (nSPS) is 43.2. The molecule has 17 heavy (non-hydrogen) atoms. The monoisotopic (exact) mass is 240 g/mol. The van der Waals surface area contributed by atoms with Crippen LogP contribution in [0.25, 0.3) is 0 Å². The molecule has 2 heteroatoms. The first-order chi connectivity index (χ1) is 7.81. The summed E-state index contributed by atoms with van der Waals surface area (Å²) in [6, 6.07) is 0. The Morgan fingerprint density at radius 2 is 1.88 bits per heavy atom. The summed E-state index contributed by atoms with van der Waals surface area (Å²) in [5.74, 6) is 0.660. The molecule has 0 aromatic carbocycles. The van der Waals surface area contributed by atoms with Crippen LogP contribution in [0, 0.1) is 11.3 Å². The highest BCUT2D eigenvalue weighted by Crippen LogP contribution is 2.52. The lowest BCUT2D eigenvalue weighted by molar-refractivity contribution is -0.167. The quantitative estimate of drug-likeness (QED) is 0.760. The van der Waals surface area contributed by atoms with Gasteiger partial charge in [0, 0.05) is 0 Å². The third-order valence-corrected chi connectivity index (χ3v) is 4.76. The van der Waals surface area contributed by atoms with Gasteiger partial charge >= 0.3 is 0 Å². The first-order valence-electron chi connectivity index (χ1n) is 7.17. The van der Waals surface area contributed by atoms with Crippen LogP contribution in [0.15, 0.2) is 0 Å². The van der Waals surface area contributed by atoms with Crippen LogP contribution in [-0.4, -0.2) is 22.9 Å². The number of hydrogen-bond donors (Lipinski definition) is 1. The molecule has 0 radical (unpaired) electrons. The summed E-state index contributed by atoms with van der Waals surface area (Å²) >= 11 is 0. The van der Waals surface area contributed by atoms with E-state index in [4.69, 9.17) is 4.74 Å². The van der Waals surface area contributed by atoms with Crippen molar-refractivity contribution in [2.75, 3.05) is 0 Å². The minimum Gasteiger partial charge on any atom is -0.393 e. The molecule has 1 unspecified atom stereocenters. The molecule has 1 N–H and O–H groups in total. The number of aliphatic hydroxyl groups is 1. The van der Waals surface area contributed by atoms with Crippen LogP contribution in [0.4, 0.5) is 0 Å². The van der Waals surface area contributed by atoms with Gasteiger partial charge in [0.2, 0.25) is 0 Å². The number of ether oxygens (including phenoxy) is 1. The van der Waals surface area contributed by atoms with Crippen molar-refractivity contribution in [1.29, 1.82) is 0 Å². The highest BCUT2D eigenvalue weighted by molar-refractivity contribution is 4.98. The van der Waals surface area contributed by atoms with Crippen molar-refractivity contribution in [2.45, 2.75) is 84.0 Å². The SMILES string of the molecule is CC(C)(C)O[C@H]1CCCC2C[C@@H](O)CC[C@@]21C. The maximum Gasteiger partial charge on any atom is 0.0638 e. The van der Waals surface area contributed by atoms with Crippen molar-refractivity contribution in [3.8, 4) is 0 Å². The van der Waals surface area contributed by atoms with E-state index in [2.05, 4.69) is 27.7 Å². The van der Waals surface area contributed by atoms with Crippen LogP contribution in [0.2, 0.25) is 0 Å². The van der Waals surface area contributed by atoms with E-state index in [0.717, 1.165) is 19.3 Å². The fourth-order valence-electron chi connectivity index (χ4n) is 3.77. The van der Waals surface area contributed by atoms with E-state index >= 15 is 0 Å². The second kappa shape index (κ2) is 4.55. The second-order valence-corrected chi connectivity index (χ2v) is 7.28. The molecule has 2 saturated carbocycles. The van der Waals surface area contributed by atoms with Gasteiger partial charge in [-0.2, -0.15) is 0 Å². The number of aliphatic hydroxyl groups excluding tert-OH is 1. The summed E-state index contributed by atoms with van der Waals surface area (Å²) < 4.78 is 6.30. The zero-order chi connectivity index (χ0) is 12.7. The molecule has 0 heterocycles. The fraction of sp³-hybridized carbons (Fsp3) is 1.00. The summed E-state index contributed by atoms with van der Waals surface area (Å²) in [7, 11) is 0. The maximum absolute atomic E-state index is 9.84. The Morgan fingerprint density at radius 3 is 2.53 bits per heavy atom. The molecule has 0 aromatic heterocycles. The third kappa shape index (κ3) is 2.85. The van der Waals surface area contributed by atoms with E-state index in [1.165, 1.54) is 19.3 Å². The highest BCUT2D eigenvalue weighted by atomic mass is 16.5.